The molecule has 2 amide bonds. The van der Waals surface area contributed by atoms with E-state index >= 15 is 0 Å². The van der Waals surface area contributed by atoms with Gasteiger partial charge in [0.05, 0.1) is 0 Å². The largest absolute Gasteiger partial charge is 0.382 e. The Morgan fingerprint density at radius 3 is 2.95 bits per heavy atom. The second kappa shape index (κ2) is 7.22. The summed E-state index contributed by atoms with van der Waals surface area (Å²) in [5, 5.41) is 2.88. The number of rotatable bonds is 5. The molecule has 114 valence electrons. The molecular formula is C16H22N2O3. The average Bonchev–Trinajstić information content (AvgIpc) is 2.61. The van der Waals surface area contributed by atoms with E-state index in [1.54, 1.807) is 11.8 Å². The minimum Gasteiger partial charge on any atom is -0.382 e. The standard InChI is InChI=1S/C16H22N2O3/c1-3-21-10-6-9-15(19)18-11-13-7-4-5-8-14(13)17-16(20)12(18)2/h4-5,7-8,12H,3,6,9-11H2,1-2H3,(H,17,20). The molecule has 1 unspecified atom stereocenters. The maximum atomic E-state index is 12.4. The first-order valence-electron chi connectivity index (χ1n) is 7.39. The molecule has 0 aliphatic carbocycles. The van der Waals surface area contributed by atoms with Crippen LogP contribution >= 0.6 is 0 Å². The summed E-state index contributed by atoms with van der Waals surface area (Å²) in [7, 11) is 0. The smallest absolute Gasteiger partial charge is 0.246 e. The molecule has 0 aromatic heterocycles. The number of carbonyl (C=O) groups is 2. The van der Waals surface area contributed by atoms with Crippen LogP contribution in [0.25, 0.3) is 0 Å². The number of nitrogens with zero attached hydrogens (tertiary/aromatic N) is 1. The second-order valence-electron chi connectivity index (χ2n) is 5.14. The minimum absolute atomic E-state index is 0.00550. The topological polar surface area (TPSA) is 58.6 Å². The average molecular weight is 290 g/mol. The molecule has 5 nitrogen and oxygen atoms in total. The van der Waals surface area contributed by atoms with Crippen molar-refractivity contribution in [2.75, 3.05) is 18.5 Å². The summed E-state index contributed by atoms with van der Waals surface area (Å²) < 4.78 is 5.25. The third kappa shape index (κ3) is 3.82. The number of fused-ring (bicyclic) bond motifs is 1. The van der Waals surface area contributed by atoms with Crippen LogP contribution < -0.4 is 5.32 Å². The highest BCUT2D eigenvalue weighted by Crippen LogP contribution is 2.23. The van der Waals surface area contributed by atoms with Gasteiger partial charge in [0.1, 0.15) is 6.04 Å². The quantitative estimate of drug-likeness (QED) is 0.846. The fraction of sp³-hybridized carbons (Fsp3) is 0.500. The lowest BCUT2D eigenvalue weighted by molar-refractivity contribution is -0.138. The van der Waals surface area contributed by atoms with Gasteiger partial charge in [-0.2, -0.15) is 0 Å². The summed E-state index contributed by atoms with van der Waals surface area (Å²) in [6.45, 7) is 5.39. The fourth-order valence-corrected chi connectivity index (χ4v) is 2.40. The molecule has 1 aliphatic heterocycles. The van der Waals surface area contributed by atoms with E-state index in [0.717, 1.165) is 11.3 Å². The number of anilines is 1. The summed E-state index contributed by atoms with van der Waals surface area (Å²) in [6.07, 6.45) is 1.08. The van der Waals surface area contributed by atoms with E-state index in [2.05, 4.69) is 5.32 Å². The first kappa shape index (κ1) is 15.5. The van der Waals surface area contributed by atoms with Crippen LogP contribution in [-0.2, 0) is 20.9 Å². The van der Waals surface area contributed by atoms with Crippen molar-refractivity contribution in [2.24, 2.45) is 0 Å². The lowest BCUT2D eigenvalue weighted by Gasteiger charge is -2.25. The van der Waals surface area contributed by atoms with E-state index < -0.39 is 6.04 Å². The summed E-state index contributed by atoms with van der Waals surface area (Å²) in [4.78, 5) is 26.2. The first-order chi connectivity index (χ1) is 10.1. The zero-order valence-electron chi connectivity index (χ0n) is 12.6. The number of hydrogen-bond donors (Lipinski definition) is 1. The summed E-state index contributed by atoms with van der Waals surface area (Å²) in [6, 6.07) is 7.14. The van der Waals surface area contributed by atoms with Crippen molar-refractivity contribution >= 4 is 17.5 Å². The van der Waals surface area contributed by atoms with Crippen molar-refractivity contribution < 1.29 is 14.3 Å². The number of nitrogens with one attached hydrogen (secondary N) is 1. The number of carbonyl (C=O) groups excluding carboxylic acids is 2. The van der Waals surface area contributed by atoms with Gasteiger partial charge in [-0.15, -0.1) is 0 Å². The van der Waals surface area contributed by atoms with E-state index in [0.29, 0.717) is 32.6 Å². The predicted molar refractivity (Wildman–Crippen MR) is 80.8 cm³/mol. The number of amides is 2. The molecule has 2 rings (SSSR count). The van der Waals surface area contributed by atoms with Gasteiger partial charge in [0.25, 0.3) is 0 Å². The molecule has 1 heterocycles. The predicted octanol–water partition coefficient (Wildman–Crippen LogP) is 2.17. The van der Waals surface area contributed by atoms with Crippen molar-refractivity contribution in [1.82, 2.24) is 4.90 Å². The van der Waals surface area contributed by atoms with Gasteiger partial charge < -0.3 is 15.0 Å². The first-order valence-corrected chi connectivity index (χ1v) is 7.39. The van der Waals surface area contributed by atoms with Crippen LogP contribution in [0.15, 0.2) is 24.3 Å². The van der Waals surface area contributed by atoms with Crippen LogP contribution in [0.3, 0.4) is 0 Å². The van der Waals surface area contributed by atoms with Gasteiger partial charge in [-0.1, -0.05) is 18.2 Å². The van der Waals surface area contributed by atoms with E-state index in [1.807, 2.05) is 31.2 Å². The molecule has 0 fully saturated rings. The molecule has 0 bridgehead atoms. The Kier molecular flexibility index (Phi) is 5.33. The third-order valence-corrected chi connectivity index (χ3v) is 3.67. The van der Waals surface area contributed by atoms with Gasteiger partial charge in [-0.3, -0.25) is 9.59 Å². The Morgan fingerprint density at radius 2 is 2.19 bits per heavy atom. The van der Waals surface area contributed by atoms with Crippen molar-refractivity contribution in [3.63, 3.8) is 0 Å². The molecule has 0 saturated heterocycles. The van der Waals surface area contributed by atoms with Crippen LogP contribution in [0.1, 0.15) is 32.3 Å². The normalized spacial score (nSPS) is 17.9. The lowest BCUT2D eigenvalue weighted by Crippen LogP contribution is -2.43. The molecule has 21 heavy (non-hydrogen) atoms. The van der Waals surface area contributed by atoms with Crippen LogP contribution in [0.2, 0.25) is 0 Å². The van der Waals surface area contributed by atoms with Crippen LogP contribution in [0.4, 0.5) is 5.69 Å². The number of hydrogen-bond acceptors (Lipinski definition) is 3. The Hall–Kier alpha value is -1.88. The van der Waals surface area contributed by atoms with E-state index in [4.69, 9.17) is 4.74 Å². The summed E-state index contributed by atoms with van der Waals surface area (Å²) >= 11 is 0. The van der Waals surface area contributed by atoms with Crippen molar-refractivity contribution in [3.05, 3.63) is 29.8 Å². The van der Waals surface area contributed by atoms with Gasteiger partial charge in [0, 0.05) is 31.9 Å². The van der Waals surface area contributed by atoms with Crippen molar-refractivity contribution in [1.29, 1.82) is 0 Å². The Labute approximate surface area is 125 Å². The van der Waals surface area contributed by atoms with Gasteiger partial charge in [-0.25, -0.2) is 0 Å². The molecule has 5 heteroatoms. The van der Waals surface area contributed by atoms with Crippen LogP contribution in [-0.4, -0.2) is 36.0 Å². The fourth-order valence-electron chi connectivity index (χ4n) is 2.40. The van der Waals surface area contributed by atoms with Crippen molar-refractivity contribution in [3.8, 4) is 0 Å². The third-order valence-electron chi connectivity index (χ3n) is 3.67. The van der Waals surface area contributed by atoms with E-state index in [9.17, 15) is 9.59 Å². The Bertz CT molecular complexity index is 516. The summed E-state index contributed by atoms with van der Waals surface area (Å²) in [5.74, 6) is -0.146. The molecule has 0 radical (unpaired) electrons. The Balaban J connectivity index is 2.07. The molecule has 0 spiro atoms. The van der Waals surface area contributed by atoms with Crippen LogP contribution in [0.5, 0.6) is 0 Å². The SMILES string of the molecule is CCOCCCC(=O)N1Cc2ccccc2NC(=O)C1C. The maximum Gasteiger partial charge on any atom is 0.246 e. The highest BCUT2D eigenvalue weighted by atomic mass is 16.5. The molecule has 1 aromatic carbocycles. The minimum atomic E-state index is -0.461. The molecule has 0 saturated carbocycles. The number of ether oxygens (including phenoxy) is 1. The van der Waals surface area contributed by atoms with Crippen molar-refractivity contribution in [2.45, 2.75) is 39.3 Å². The monoisotopic (exact) mass is 290 g/mol. The van der Waals surface area contributed by atoms with E-state index in [-0.39, 0.29) is 11.8 Å². The van der Waals surface area contributed by atoms with Gasteiger partial charge in [-0.05, 0) is 31.9 Å². The molecule has 1 aliphatic rings. The lowest BCUT2D eigenvalue weighted by atomic mass is 10.1. The maximum absolute atomic E-state index is 12.4. The van der Waals surface area contributed by atoms with Gasteiger partial charge >= 0.3 is 0 Å². The second-order valence-corrected chi connectivity index (χ2v) is 5.14. The zero-order valence-corrected chi connectivity index (χ0v) is 12.6. The zero-order chi connectivity index (χ0) is 15.2. The van der Waals surface area contributed by atoms with Gasteiger partial charge in [0.2, 0.25) is 11.8 Å². The molecule has 1 aromatic rings. The highest BCUT2D eigenvalue weighted by molar-refractivity contribution is 5.98. The van der Waals surface area contributed by atoms with E-state index in [1.165, 1.54) is 0 Å². The molecular weight excluding hydrogens is 268 g/mol. The Morgan fingerprint density at radius 1 is 1.43 bits per heavy atom. The highest BCUT2D eigenvalue weighted by Gasteiger charge is 2.29. The number of benzene rings is 1. The number of para-hydroxylation sites is 1. The van der Waals surface area contributed by atoms with Crippen LogP contribution in [0, 0.1) is 0 Å². The van der Waals surface area contributed by atoms with Gasteiger partial charge in [0.15, 0.2) is 0 Å². The molecule has 1 N–H and O–H groups in total. The molecule has 1 atom stereocenters. The summed E-state index contributed by atoms with van der Waals surface area (Å²) in [5.41, 5.74) is 1.76.